The number of carbonyl (C=O) groups is 1. The van der Waals surface area contributed by atoms with E-state index in [4.69, 9.17) is 0 Å². The topological polar surface area (TPSA) is 86.2 Å². The molecule has 8 heavy (non-hydrogen) atoms. The summed E-state index contributed by atoms with van der Waals surface area (Å²) in [7, 11) is 0. The van der Waals surface area contributed by atoms with Crippen molar-refractivity contribution in [1.82, 2.24) is 0 Å². The Morgan fingerprint density at radius 2 is 2.25 bits per heavy atom. The fourth-order valence-electron chi connectivity index (χ4n) is 0.104. The highest BCUT2D eigenvalue weighted by Gasteiger charge is 2.18. The van der Waals surface area contributed by atoms with Gasteiger partial charge in [0.2, 0.25) is 0 Å². The molecule has 0 radical (unpaired) electrons. The number of nitrogens with zero attached hydrogens (tertiary/aromatic N) is 1. The molecule has 0 spiro atoms. The van der Waals surface area contributed by atoms with E-state index in [-0.39, 0.29) is 0 Å². The first-order valence-corrected chi connectivity index (χ1v) is 1.98. The van der Waals surface area contributed by atoms with Gasteiger partial charge in [-0.2, -0.15) is 0 Å². The molecule has 0 rings (SSSR count). The van der Waals surface area contributed by atoms with Gasteiger partial charge in [0.15, 0.2) is 0 Å². The van der Waals surface area contributed by atoms with Crippen molar-refractivity contribution >= 4 is 5.91 Å². The van der Waals surface area contributed by atoms with Crippen LogP contribution in [-0.4, -0.2) is 16.9 Å². The summed E-state index contributed by atoms with van der Waals surface area (Å²) in [4.78, 5) is 18.8. The first kappa shape index (κ1) is 6.87. The minimum Gasteiger partial charge on any atom is -0.364 e. The quantitative estimate of drug-likeness (QED) is 0.378. The van der Waals surface area contributed by atoms with E-state index >= 15 is 0 Å². The third-order valence-corrected chi connectivity index (χ3v) is 0.728. The number of nitro groups is 1. The highest BCUT2D eigenvalue weighted by Crippen LogP contribution is 1.82. The van der Waals surface area contributed by atoms with Crippen molar-refractivity contribution in [2.75, 3.05) is 0 Å². The second-order valence-corrected chi connectivity index (χ2v) is 1.36. The molecule has 0 saturated carbocycles. The lowest BCUT2D eigenvalue weighted by molar-refractivity contribution is -0.503. The zero-order valence-electron chi connectivity index (χ0n) is 4.33. The van der Waals surface area contributed by atoms with Gasteiger partial charge in [-0.3, -0.25) is 14.9 Å². The molecule has 0 aromatic carbocycles. The summed E-state index contributed by atoms with van der Waals surface area (Å²) in [5.41, 5.74) is 4.56. The number of carbonyl (C=O) groups excluding carboxylic acids is 1. The molecule has 0 aliphatic carbocycles. The predicted octanol–water partition coefficient (Wildman–Crippen LogP) is -0.863. The summed E-state index contributed by atoms with van der Waals surface area (Å²) in [6, 6.07) is -1.27. The lowest BCUT2D eigenvalue weighted by Crippen LogP contribution is -2.32. The van der Waals surface area contributed by atoms with Gasteiger partial charge in [0.25, 0.3) is 11.9 Å². The van der Waals surface area contributed by atoms with Crippen molar-refractivity contribution in [1.29, 1.82) is 0 Å². The van der Waals surface area contributed by atoms with Crippen LogP contribution in [0.2, 0.25) is 0 Å². The summed E-state index contributed by atoms with van der Waals surface area (Å²) < 4.78 is 0. The third kappa shape index (κ3) is 1.55. The zero-order chi connectivity index (χ0) is 6.73. The van der Waals surface area contributed by atoms with Crippen LogP contribution in [0.15, 0.2) is 0 Å². The maximum Gasteiger partial charge on any atom is 0.291 e. The predicted molar refractivity (Wildman–Crippen MR) is 25.7 cm³/mol. The van der Waals surface area contributed by atoms with Crippen LogP contribution in [0.3, 0.4) is 0 Å². The van der Waals surface area contributed by atoms with Gasteiger partial charge in [-0.15, -0.1) is 0 Å². The summed E-state index contributed by atoms with van der Waals surface area (Å²) in [6.07, 6.45) is 0. The molecule has 1 amide bonds. The first-order chi connectivity index (χ1) is 3.55. The van der Waals surface area contributed by atoms with Crippen LogP contribution in [-0.2, 0) is 4.79 Å². The van der Waals surface area contributed by atoms with E-state index in [1.54, 1.807) is 0 Å². The number of rotatable bonds is 2. The molecular formula is C3H6N2O3. The van der Waals surface area contributed by atoms with E-state index in [0.29, 0.717) is 0 Å². The van der Waals surface area contributed by atoms with E-state index < -0.39 is 16.9 Å². The summed E-state index contributed by atoms with van der Waals surface area (Å²) >= 11 is 0. The fourth-order valence-corrected chi connectivity index (χ4v) is 0.104. The fraction of sp³-hybridized carbons (Fsp3) is 0.667. The maximum atomic E-state index is 9.92. The van der Waals surface area contributed by atoms with E-state index in [2.05, 4.69) is 5.73 Å². The van der Waals surface area contributed by atoms with Gasteiger partial charge < -0.3 is 5.73 Å². The average Bonchev–Trinajstić information content (AvgIpc) is 1.64. The molecule has 5 nitrogen and oxygen atoms in total. The molecule has 2 N–H and O–H groups in total. The molecule has 5 heteroatoms. The molecule has 0 aliphatic rings. The Morgan fingerprint density at radius 1 is 1.88 bits per heavy atom. The summed E-state index contributed by atoms with van der Waals surface area (Å²) in [5.74, 6) is -0.907. The van der Waals surface area contributed by atoms with Gasteiger partial charge in [0, 0.05) is 11.8 Å². The first-order valence-electron chi connectivity index (χ1n) is 1.98. The van der Waals surface area contributed by atoms with Crippen molar-refractivity contribution in [3.05, 3.63) is 10.1 Å². The third-order valence-electron chi connectivity index (χ3n) is 0.728. The molecule has 0 aromatic rings. The Balaban J connectivity index is 3.83. The Labute approximate surface area is 45.6 Å². The van der Waals surface area contributed by atoms with Crippen LogP contribution in [0, 0.1) is 10.1 Å². The molecule has 0 aliphatic heterocycles. The molecule has 0 aromatic heterocycles. The summed E-state index contributed by atoms with van der Waals surface area (Å²) in [6.45, 7) is 1.14. The Hall–Kier alpha value is -1.13. The number of amides is 1. The minimum absolute atomic E-state index is 0.734. The number of hydrogen-bond acceptors (Lipinski definition) is 3. The number of primary amides is 1. The van der Waals surface area contributed by atoms with Gasteiger partial charge in [-0.05, 0) is 0 Å². The maximum absolute atomic E-state index is 9.92. The van der Waals surface area contributed by atoms with Gasteiger partial charge in [0.1, 0.15) is 0 Å². The Bertz CT molecular complexity index is 108. The van der Waals surface area contributed by atoms with Gasteiger partial charge in [-0.25, -0.2) is 0 Å². The summed E-state index contributed by atoms with van der Waals surface area (Å²) in [5, 5.41) is 9.65. The zero-order valence-corrected chi connectivity index (χ0v) is 4.33. The molecular weight excluding hydrogens is 112 g/mol. The van der Waals surface area contributed by atoms with Gasteiger partial charge >= 0.3 is 0 Å². The molecule has 0 heterocycles. The Kier molecular flexibility index (Phi) is 1.93. The van der Waals surface area contributed by atoms with Crippen molar-refractivity contribution in [3.8, 4) is 0 Å². The van der Waals surface area contributed by atoms with Crippen LogP contribution in [0.5, 0.6) is 0 Å². The molecule has 0 saturated heterocycles. The van der Waals surface area contributed by atoms with Gasteiger partial charge in [0.05, 0.1) is 0 Å². The van der Waals surface area contributed by atoms with Gasteiger partial charge in [-0.1, -0.05) is 0 Å². The second-order valence-electron chi connectivity index (χ2n) is 1.36. The lowest BCUT2D eigenvalue weighted by atomic mass is 10.3. The van der Waals surface area contributed by atoms with E-state index in [9.17, 15) is 14.9 Å². The minimum atomic E-state index is -1.27. The average molecular weight is 118 g/mol. The van der Waals surface area contributed by atoms with Crippen LogP contribution in [0.25, 0.3) is 0 Å². The second kappa shape index (κ2) is 2.25. The van der Waals surface area contributed by atoms with E-state index in [1.807, 2.05) is 0 Å². The van der Waals surface area contributed by atoms with E-state index in [1.165, 1.54) is 0 Å². The lowest BCUT2D eigenvalue weighted by Gasteiger charge is -1.93. The van der Waals surface area contributed by atoms with Crippen molar-refractivity contribution in [2.24, 2.45) is 5.73 Å². The van der Waals surface area contributed by atoms with Crippen LogP contribution >= 0.6 is 0 Å². The highest BCUT2D eigenvalue weighted by molar-refractivity contribution is 5.77. The standard InChI is InChI=1S/C3H6N2O3/c1-2(3(4)6)5(7)8/h2H,1H3,(H2,4,6)/t2-/m1/s1. The molecule has 46 valence electrons. The van der Waals surface area contributed by atoms with Crippen molar-refractivity contribution in [3.63, 3.8) is 0 Å². The van der Waals surface area contributed by atoms with Crippen LogP contribution in [0.4, 0.5) is 0 Å². The largest absolute Gasteiger partial charge is 0.364 e. The number of nitrogens with two attached hydrogens (primary N) is 1. The van der Waals surface area contributed by atoms with Crippen molar-refractivity contribution < 1.29 is 9.72 Å². The molecule has 1 atom stereocenters. The smallest absolute Gasteiger partial charge is 0.291 e. The Morgan fingerprint density at radius 3 is 2.25 bits per heavy atom. The molecule has 0 fully saturated rings. The highest BCUT2D eigenvalue weighted by atomic mass is 16.6. The number of hydrogen-bond donors (Lipinski definition) is 1. The van der Waals surface area contributed by atoms with Crippen LogP contribution < -0.4 is 5.73 Å². The SMILES string of the molecule is C[C@H](C(N)=O)[N+](=O)[O-]. The normalized spacial score (nSPS) is 12.6. The van der Waals surface area contributed by atoms with Crippen LogP contribution in [0.1, 0.15) is 6.92 Å². The monoisotopic (exact) mass is 118 g/mol. The van der Waals surface area contributed by atoms with E-state index in [0.717, 1.165) is 6.92 Å². The van der Waals surface area contributed by atoms with Crippen molar-refractivity contribution in [2.45, 2.75) is 13.0 Å². The molecule has 0 unspecified atom stereocenters. The molecule has 0 bridgehead atoms.